The van der Waals surface area contributed by atoms with Crippen molar-refractivity contribution in [1.29, 1.82) is 0 Å². The molecule has 0 heterocycles. The molecule has 1 aromatic carbocycles. The Labute approximate surface area is 103 Å². The van der Waals surface area contributed by atoms with Gasteiger partial charge in [-0.25, -0.2) is 0 Å². The molecule has 0 radical (unpaired) electrons. The van der Waals surface area contributed by atoms with E-state index in [0.717, 1.165) is 18.0 Å². The Kier molecular flexibility index (Phi) is 4.78. The Bertz CT molecular complexity index is 316. The first kappa shape index (κ1) is 13.5. The van der Waals surface area contributed by atoms with E-state index in [1.54, 1.807) is 0 Å². The van der Waals surface area contributed by atoms with Crippen molar-refractivity contribution >= 4 is 11.6 Å². The van der Waals surface area contributed by atoms with Gasteiger partial charge >= 0.3 is 0 Å². The normalized spacial score (nSPS) is 13.8. The van der Waals surface area contributed by atoms with E-state index in [9.17, 15) is 5.11 Å². The summed E-state index contributed by atoms with van der Waals surface area (Å²) in [5, 5.41) is 13.7. The first-order valence-electron chi connectivity index (χ1n) is 5.60. The van der Waals surface area contributed by atoms with Gasteiger partial charge in [-0.05, 0) is 51.4 Å². The van der Waals surface area contributed by atoms with E-state index in [-0.39, 0.29) is 6.04 Å². The third-order valence-corrected chi connectivity index (χ3v) is 2.81. The number of rotatable bonds is 5. The molecule has 0 saturated heterocycles. The first-order chi connectivity index (χ1) is 7.38. The molecule has 0 aliphatic heterocycles. The Morgan fingerprint density at radius 3 is 2.38 bits per heavy atom. The van der Waals surface area contributed by atoms with Gasteiger partial charge in [0.25, 0.3) is 0 Å². The molecular formula is C13H20ClNO. The summed E-state index contributed by atoms with van der Waals surface area (Å²) in [4.78, 5) is 0. The summed E-state index contributed by atoms with van der Waals surface area (Å²) in [6, 6.07) is 8.10. The Morgan fingerprint density at radius 2 is 1.88 bits per heavy atom. The van der Waals surface area contributed by atoms with E-state index in [1.807, 2.05) is 38.1 Å². The highest BCUT2D eigenvalue weighted by atomic mass is 35.5. The minimum Gasteiger partial charge on any atom is -0.390 e. The summed E-state index contributed by atoms with van der Waals surface area (Å²) in [5.74, 6) is 0. The number of aliphatic hydroxyl groups is 1. The van der Waals surface area contributed by atoms with Crippen LogP contribution in [0.5, 0.6) is 0 Å². The molecule has 1 aromatic rings. The molecule has 0 unspecified atom stereocenters. The monoisotopic (exact) mass is 241 g/mol. The number of benzene rings is 1. The van der Waals surface area contributed by atoms with Crippen LogP contribution < -0.4 is 5.32 Å². The van der Waals surface area contributed by atoms with Crippen LogP contribution in [0.3, 0.4) is 0 Å². The Balaban J connectivity index is 2.41. The number of hydrogen-bond acceptors (Lipinski definition) is 2. The van der Waals surface area contributed by atoms with Gasteiger partial charge in [-0.1, -0.05) is 23.7 Å². The van der Waals surface area contributed by atoms with Crippen LogP contribution in [-0.2, 0) is 0 Å². The van der Waals surface area contributed by atoms with Crippen LogP contribution >= 0.6 is 11.6 Å². The van der Waals surface area contributed by atoms with Gasteiger partial charge in [0.2, 0.25) is 0 Å². The van der Waals surface area contributed by atoms with E-state index in [2.05, 4.69) is 12.2 Å². The van der Waals surface area contributed by atoms with Crippen LogP contribution in [0.2, 0.25) is 5.02 Å². The standard InChI is InChI=1S/C13H20ClNO/c1-10(15-9-8-13(2,3)16)11-4-6-12(14)7-5-11/h4-7,10,15-16H,8-9H2,1-3H3/t10-/m1/s1. The van der Waals surface area contributed by atoms with E-state index in [0.29, 0.717) is 0 Å². The second-order valence-corrected chi connectivity index (χ2v) is 5.23. The second kappa shape index (κ2) is 5.67. The molecule has 0 spiro atoms. The molecule has 2 N–H and O–H groups in total. The fourth-order valence-corrected chi connectivity index (χ4v) is 1.59. The Morgan fingerprint density at radius 1 is 1.31 bits per heavy atom. The van der Waals surface area contributed by atoms with Crippen LogP contribution in [0.25, 0.3) is 0 Å². The summed E-state index contributed by atoms with van der Waals surface area (Å²) in [7, 11) is 0. The van der Waals surface area contributed by atoms with Gasteiger partial charge in [0, 0.05) is 11.1 Å². The van der Waals surface area contributed by atoms with Gasteiger partial charge in [-0.3, -0.25) is 0 Å². The van der Waals surface area contributed by atoms with Crippen molar-refractivity contribution in [1.82, 2.24) is 5.32 Å². The minimum atomic E-state index is -0.604. The third-order valence-electron chi connectivity index (χ3n) is 2.56. The van der Waals surface area contributed by atoms with Crippen molar-refractivity contribution in [2.45, 2.75) is 38.8 Å². The lowest BCUT2D eigenvalue weighted by Crippen LogP contribution is -2.28. The van der Waals surface area contributed by atoms with E-state index in [4.69, 9.17) is 11.6 Å². The van der Waals surface area contributed by atoms with Crippen molar-refractivity contribution in [3.05, 3.63) is 34.9 Å². The highest BCUT2D eigenvalue weighted by Crippen LogP contribution is 2.16. The third kappa shape index (κ3) is 4.97. The first-order valence-corrected chi connectivity index (χ1v) is 5.97. The zero-order chi connectivity index (χ0) is 12.2. The van der Waals surface area contributed by atoms with Gasteiger partial charge in [0.1, 0.15) is 0 Å². The molecule has 0 amide bonds. The van der Waals surface area contributed by atoms with Gasteiger partial charge in [0.05, 0.1) is 5.60 Å². The summed E-state index contributed by atoms with van der Waals surface area (Å²) in [5.41, 5.74) is 0.604. The zero-order valence-corrected chi connectivity index (χ0v) is 10.9. The predicted octanol–water partition coefficient (Wildman–Crippen LogP) is 3.15. The van der Waals surface area contributed by atoms with Crippen LogP contribution in [0.1, 0.15) is 38.8 Å². The average Bonchev–Trinajstić information content (AvgIpc) is 2.16. The minimum absolute atomic E-state index is 0.277. The topological polar surface area (TPSA) is 32.3 Å². The van der Waals surface area contributed by atoms with E-state index >= 15 is 0 Å². The van der Waals surface area contributed by atoms with Crippen LogP contribution in [0.4, 0.5) is 0 Å². The number of hydrogen-bond donors (Lipinski definition) is 2. The molecule has 0 aliphatic rings. The maximum atomic E-state index is 9.58. The molecule has 2 nitrogen and oxygen atoms in total. The smallest absolute Gasteiger partial charge is 0.0603 e. The van der Waals surface area contributed by atoms with Crippen molar-refractivity contribution in [3.8, 4) is 0 Å². The van der Waals surface area contributed by atoms with Crippen LogP contribution in [0, 0.1) is 0 Å². The number of halogens is 1. The fraction of sp³-hybridized carbons (Fsp3) is 0.538. The average molecular weight is 242 g/mol. The maximum Gasteiger partial charge on any atom is 0.0603 e. The lowest BCUT2D eigenvalue weighted by molar-refractivity contribution is 0.0705. The zero-order valence-electron chi connectivity index (χ0n) is 10.1. The number of nitrogens with one attached hydrogen (secondary N) is 1. The summed E-state index contributed by atoms with van der Waals surface area (Å²) in [6.45, 7) is 6.55. The predicted molar refractivity (Wildman–Crippen MR) is 68.8 cm³/mol. The maximum absolute atomic E-state index is 9.58. The molecular weight excluding hydrogens is 222 g/mol. The lowest BCUT2D eigenvalue weighted by Gasteiger charge is -2.20. The van der Waals surface area contributed by atoms with Crippen molar-refractivity contribution < 1.29 is 5.11 Å². The molecule has 0 aliphatic carbocycles. The van der Waals surface area contributed by atoms with Gasteiger partial charge in [0.15, 0.2) is 0 Å². The van der Waals surface area contributed by atoms with E-state index in [1.165, 1.54) is 5.56 Å². The van der Waals surface area contributed by atoms with Crippen LogP contribution in [0.15, 0.2) is 24.3 Å². The molecule has 0 bridgehead atoms. The summed E-state index contributed by atoms with van der Waals surface area (Å²) in [6.07, 6.45) is 0.741. The molecule has 0 saturated carbocycles. The summed E-state index contributed by atoms with van der Waals surface area (Å²) < 4.78 is 0. The van der Waals surface area contributed by atoms with Gasteiger partial charge < -0.3 is 10.4 Å². The highest BCUT2D eigenvalue weighted by molar-refractivity contribution is 6.30. The largest absolute Gasteiger partial charge is 0.390 e. The fourth-order valence-electron chi connectivity index (χ4n) is 1.46. The van der Waals surface area contributed by atoms with E-state index < -0.39 is 5.60 Å². The molecule has 0 fully saturated rings. The SMILES string of the molecule is C[C@@H](NCCC(C)(C)O)c1ccc(Cl)cc1. The highest BCUT2D eigenvalue weighted by Gasteiger charge is 2.12. The molecule has 3 heteroatoms. The van der Waals surface area contributed by atoms with Crippen LogP contribution in [-0.4, -0.2) is 17.3 Å². The molecule has 90 valence electrons. The molecule has 1 rings (SSSR count). The van der Waals surface area contributed by atoms with Crippen molar-refractivity contribution in [2.75, 3.05) is 6.54 Å². The molecule has 16 heavy (non-hydrogen) atoms. The van der Waals surface area contributed by atoms with Gasteiger partial charge in [-0.2, -0.15) is 0 Å². The molecule has 0 aromatic heterocycles. The second-order valence-electron chi connectivity index (χ2n) is 4.79. The molecule has 1 atom stereocenters. The van der Waals surface area contributed by atoms with Crippen molar-refractivity contribution in [2.24, 2.45) is 0 Å². The van der Waals surface area contributed by atoms with Gasteiger partial charge in [-0.15, -0.1) is 0 Å². The quantitative estimate of drug-likeness (QED) is 0.830. The Hall–Kier alpha value is -0.570. The van der Waals surface area contributed by atoms with Crippen molar-refractivity contribution in [3.63, 3.8) is 0 Å². The summed E-state index contributed by atoms with van der Waals surface area (Å²) >= 11 is 5.83. The lowest BCUT2D eigenvalue weighted by atomic mass is 10.0.